The molecule has 1 heterocycles. The summed E-state index contributed by atoms with van der Waals surface area (Å²) in [5.41, 5.74) is 9.81. The number of rotatable bonds is 4. The summed E-state index contributed by atoms with van der Waals surface area (Å²) in [7, 11) is 3.33. The van der Waals surface area contributed by atoms with Crippen molar-refractivity contribution in [2.75, 3.05) is 20.0 Å². The van der Waals surface area contributed by atoms with Crippen molar-refractivity contribution in [2.45, 2.75) is 20.0 Å². The molecule has 0 amide bonds. The highest BCUT2D eigenvalue weighted by Crippen LogP contribution is 2.31. The maximum atomic E-state index is 6.04. The van der Waals surface area contributed by atoms with E-state index < -0.39 is 0 Å². The highest BCUT2D eigenvalue weighted by atomic mass is 16.5. The van der Waals surface area contributed by atoms with Gasteiger partial charge in [0.2, 0.25) is 0 Å². The number of nitrogens with two attached hydrogens (primary N) is 1. The summed E-state index contributed by atoms with van der Waals surface area (Å²) < 4.78 is 10.7. The summed E-state index contributed by atoms with van der Waals surface area (Å²) in [6.07, 6.45) is 0.0384. The molecule has 0 spiro atoms. The van der Waals surface area contributed by atoms with Gasteiger partial charge in [0.1, 0.15) is 11.6 Å². The van der Waals surface area contributed by atoms with Crippen LogP contribution < -0.4 is 10.5 Å². The number of ether oxygens (including phenoxy) is 2. The number of anilines is 1. The molecule has 0 aliphatic rings. The van der Waals surface area contributed by atoms with Crippen LogP contribution in [0.25, 0.3) is 11.1 Å². The van der Waals surface area contributed by atoms with E-state index in [0.717, 1.165) is 28.1 Å². The Kier molecular flexibility index (Phi) is 4.25. The summed E-state index contributed by atoms with van der Waals surface area (Å²) >= 11 is 0. The predicted molar refractivity (Wildman–Crippen MR) is 80.8 cm³/mol. The molecule has 2 N–H and O–H groups in total. The van der Waals surface area contributed by atoms with E-state index >= 15 is 0 Å². The Labute approximate surface area is 119 Å². The zero-order valence-electron chi connectivity index (χ0n) is 12.3. The van der Waals surface area contributed by atoms with Crippen LogP contribution in [-0.2, 0) is 4.74 Å². The maximum absolute atomic E-state index is 6.04. The lowest BCUT2D eigenvalue weighted by atomic mass is 10.0. The first-order chi connectivity index (χ1) is 9.56. The van der Waals surface area contributed by atoms with Crippen molar-refractivity contribution in [2.24, 2.45) is 0 Å². The van der Waals surface area contributed by atoms with Gasteiger partial charge in [0.05, 0.1) is 18.9 Å². The third-order valence-electron chi connectivity index (χ3n) is 3.44. The number of pyridine rings is 1. The SMILES string of the molecule is COc1cc(-c2cccc(C(C)OC)c2)c(N)nc1C. The van der Waals surface area contributed by atoms with E-state index in [2.05, 4.69) is 11.1 Å². The lowest BCUT2D eigenvalue weighted by Gasteiger charge is -2.13. The number of hydrogen-bond acceptors (Lipinski definition) is 4. The first-order valence-corrected chi connectivity index (χ1v) is 6.51. The molecule has 0 saturated heterocycles. The van der Waals surface area contributed by atoms with E-state index in [4.69, 9.17) is 15.2 Å². The molecular formula is C16H20N2O2. The Balaban J connectivity index is 2.51. The highest BCUT2D eigenvalue weighted by Gasteiger charge is 2.11. The van der Waals surface area contributed by atoms with Crippen LogP contribution in [0.5, 0.6) is 5.75 Å². The second-order valence-corrected chi connectivity index (χ2v) is 4.71. The Morgan fingerprint density at radius 3 is 2.60 bits per heavy atom. The Morgan fingerprint density at radius 1 is 1.20 bits per heavy atom. The number of benzene rings is 1. The average molecular weight is 272 g/mol. The summed E-state index contributed by atoms with van der Waals surface area (Å²) in [5.74, 6) is 1.24. The van der Waals surface area contributed by atoms with Crippen molar-refractivity contribution in [1.82, 2.24) is 4.98 Å². The summed E-state index contributed by atoms with van der Waals surface area (Å²) in [5, 5.41) is 0. The first kappa shape index (κ1) is 14.3. The monoisotopic (exact) mass is 272 g/mol. The summed E-state index contributed by atoms with van der Waals surface area (Å²) in [6, 6.07) is 10.0. The molecule has 0 saturated carbocycles. The van der Waals surface area contributed by atoms with Crippen LogP contribution in [0.3, 0.4) is 0 Å². The maximum Gasteiger partial charge on any atom is 0.140 e. The van der Waals surface area contributed by atoms with Gasteiger partial charge in [-0.15, -0.1) is 0 Å². The molecule has 0 bridgehead atoms. The van der Waals surface area contributed by atoms with Gasteiger partial charge in [-0.25, -0.2) is 4.98 Å². The van der Waals surface area contributed by atoms with Gasteiger partial charge in [-0.3, -0.25) is 0 Å². The minimum absolute atomic E-state index is 0.0384. The van der Waals surface area contributed by atoms with Gasteiger partial charge in [-0.2, -0.15) is 0 Å². The largest absolute Gasteiger partial charge is 0.495 e. The van der Waals surface area contributed by atoms with Gasteiger partial charge >= 0.3 is 0 Å². The van der Waals surface area contributed by atoms with Gasteiger partial charge in [0, 0.05) is 12.7 Å². The van der Waals surface area contributed by atoms with Crippen molar-refractivity contribution in [3.05, 3.63) is 41.6 Å². The van der Waals surface area contributed by atoms with E-state index in [1.807, 2.05) is 38.1 Å². The molecule has 1 aromatic heterocycles. The van der Waals surface area contributed by atoms with Crippen LogP contribution in [0.1, 0.15) is 24.3 Å². The molecule has 4 nitrogen and oxygen atoms in total. The van der Waals surface area contributed by atoms with Gasteiger partial charge in [-0.05, 0) is 37.1 Å². The van der Waals surface area contributed by atoms with Crippen LogP contribution >= 0.6 is 0 Å². The van der Waals surface area contributed by atoms with Crippen molar-refractivity contribution < 1.29 is 9.47 Å². The minimum atomic E-state index is 0.0384. The fraction of sp³-hybridized carbons (Fsp3) is 0.312. The molecule has 2 aromatic rings. The standard InChI is InChI=1S/C16H20N2O2/c1-10-15(20-4)9-14(16(17)18-10)13-7-5-6-12(8-13)11(2)19-3/h5-9,11H,1-4H3,(H2,17,18). The second kappa shape index (κ2) is 5.92. The minimum Gasteiger partial charge on any atom is -0.495 e. The fourth-order valence-electron chi connectivity index (χ4n) is 2.14. The van der Waals surface area contributed by atoms with Gasteiger partial charge in [0.25, 0.3) is 0 Å². The van der Waals surface area contributed by atoms with Crippen LogP contribution in [0, 0.1) is 6.92 Å². The zero-order valence-corrected chi connectivity index (χ0v) is 12.3. The smallest absolute Gasteiger partial charge is 0.140 e. The van der Waals surface area contributed by atoms with Gasteiger partial charge in [0.15, 0.2) is 0 Å². The molecule has 0 radical (unpaired) electrons. The van der Waals surface area contributed by atoms with Crippen LogP contribution in [0.2, 0.25) is 0 Å². The number of aromatic nitrogens is 1. The normalized spacial score (nSPS) is 12.2. The van der Waals surface area contributed by atoms with Crippen LogP contribution in [0.4, 0.5) is 5.82 Å². The Hall–Kier alpha value is -2.07. The van der Waals surface area contributed by atoms with E-state index in [0.29, 0.717) is 5.82 Å². The molecule has 0 aliphatic carbocycles. The van der Waals surface area contributed by atoms with Crippen molar-refractivity contribution in [3.63, 3.8) is 0 Å². The molecule has 106 valence electrons. The summed E-state index contributed by atoms with van der Waals surface area (Å²) in [4.78, 5) is 4.34. The molecule has 2 rings (SSSR count). The molecule has 20 heavy (non-hydrogen) atoms. The van der Waals surface area contributed by atoms with Crippen molar-refractivity contribution in [1.29, 1.82) is 0 Å². The molecule has 4 heteroatoms. The molecule has 1 aromatic carbocycles. The first-order valence-electron chi connectivity index (χ1n) is 6.51. The molecule has 0 aliphatic heterocycles. The topological polar surface area (TPSA) is 57.4 Å². The fourth-order valence-corrected chi connectivity index (χ4v) is 2.14. The number of nitrogens with zero attached hydrogens (tertiary/aromatic N) is 1. The van der Waals surface area contributed by atoms with Crippen molar-refractivity contribution in [3.8, 4) is 16.9 Å². The third kappa shape index (κ3) is 2.75. The Morgan fingerprint density at radius 2 is 1.95 bits per heavy atom. The predicted octanol–water partition coefficient (Wildman–Crippen LogP) is 3.36. The van der Waals surface area contributed by atoms with E-state index in [1.54, 1.807) is 14.2 Å². The highest BCUT2D eigenvalue weighted by molar-refractivity contribution is 5.75. The summed E-state index contributed by atoms with van der Waals surface area (Å²) in [6.45, 7) is 3.89. The molecule has 0 fully saturated rings. The zero-order chi connectivity index (χ0) is 14.7. The van der Waals surface area contributed by atoms with E-state index in [9.17, 15) is 0 Å². The molecular weight excluding hydrogens is 252 g/mol. The van der Waals surface area contributed by atoms with E-state index in [1.165, 1.54) is 0 Å². The van der Waals surface area contributed by atoms with E-state index in [-0.39, 0.29) is 6.10 Å². The van der Waals surface area contributed by atoms with Gasteiger partial charge < -0.3 is 15.2 Å². The molecule has 1 atom stereocenters. The quantitative estimate of drug-likeness (QED) is 0.927. The number of aryl methyl sites for hydroxylation is 1. The van der Waals surface area contributed by atoms with Crippen LogP contribution in [-0.4, -0.2) is 19.2 Å². The Bertz CT molecular complexity index is 611. The average Bonchev–Trinajstić information content (AvgIpc) is 2.46. The number of nitrogen functional groups attached to an aromatic ring is 1. The lowest BCUT2D eigenvalue weighted by Crippen LogP contribution is -2.00. The lowest BCUT2D eigenvalue weighted by molar-refractivity contribution is 0.119. The van der Waals surface area contributed by atoms with Gasteiger partial charge in [-0.1, -0.05) is 18.2 Å². The third-order valence-corrected chi connectivity index (χ3v) is 3.44. The molecule has 1 unspecified atom stereocenters. The van der Waals surface area contributed by atoms with Crippen LogP contribution in [0.15, 0.2) is 30.3 Å². The second-order valence-electron chi connectivity index (χ2n) is 4.71. The number of methoxy groups -OCH3 is 2. The number of hydrogen-bond donors (Lipinski definition) is 1. The van der Waals surface area contributed by atoms with Crippen molar-refractivity contribution >= 4 is 5.82 Å².